The minimum absolute atomic E-state index is 0.538. The lowest BCUT2D eigenvalue weighted by atomic mass is 9.79. The molecule has 7 rings (SSSR count). The quantitative estimate of drug-likeness (QED) is 0.257. The summed E-state index contributed by atoms with van der Waals surface area (Å²) in [5.74, 6) is 5.57. The molecule has 2 N–H and O–H groups in total. The Hall–Kier alpha value is -1.26. The van der Waals surface area contributed by atoms with E-state index in [-0.39, 0.29) is 0 Å². The van der Waals surface area contributed by atoms with Crippen LogP contribution in [0.5, 0.6) is 11.5 Å². The Kier molecular flexibility index (Phi) is 13.8. The Morgan fingerprint density at radius 3 is 1.04 bits per heavy atom. The summed E-state index contributed by atoms with van der Waals surface area (Å²) in [6.45, 7) is 0. The monoisotopic (exact) mass is 716 g/mol. The molecule has 2 nitrogen and oxygen atoms in total. The van der Waals surface area contributed by atoms with Gasteiger partial charge in [0.2, 0.25) is 0 Å². The number of hydrogen-bond acceptors (Lipinski definition) is 4. The third-order valence-corrected chi connectivity index (χ3v) is 16.9. The fraction of sp³-hybridized carbons (Fsp3) is 0.739. The number of phenolic OH excluding ortho intramolecular Hbond substituents is 2. The number of aromatic hydroxyl groups is 2. The van der Waals surface area contributed by atoms with E-state index in [0.717, 1.165) is 11.5 Å². The van der Waals surface area contributed by atoms with Crippen molar-refractivity contribution in [2.45, 2.75) is 213 Å². The van der Waals surface area contributed by atoms with Crippen molar-refractivity contribution >= 4 is 23.5 Å². The lowest BCUT2D eigenvalue weighted by Gasteiger charge is -2.31. The van der Waals surface area contributed by atoms with Crippen LogP contribution in [0.2, 0.25) is 0 Å². The first kappa shape index (κ1) is 37.1. The van der Waals surface area contributed by atoms with E-state index in [2.05, 4.69) is 47.8 Å². The second kappa shape index (κ2) is 18.7. The van der Waals surface area contributed by atoms with Crippen LogP contribution in [-0.4, -0.2) is 20.7 Å². The molecule has 0 aromatic heterocycles. The molecule has 0 radical (unpaired) electrons. The van der Waals surface area contributed by atoms with Crippen LogP contribution in [0.25, 0.3) is 0 Å². The minimum atomic E-state index is 0.538. The fourth-order valence-electron chi connectivity index (χ4n) is 10.7. The van der Waals surface area contributed by atoms with Crippen molar-refractivity contribution in [3.63, 3.8) is 0 Å². The number of phenols is 2. The van der Waals surface area contributed by atoms with Gasteiger partial charge in [0.05, 0.1) is 0 Å². The van der Waals surface area contributed by atoms with Crippen LogP contribution in [0.4, 0.5) is 0 Å². The molecule has 2 aromatic rings. The third-order valence-electron chi connectivity index (χ3n) is 13.8. The molecule has 0 aliphatic heterocycles. The van der Waals surface area contributed by atoms with Crippen LogP contribution >= 0.6 is 23.5 Å². The van der Waals surface area contributed by atoms with E-state index in [0.29, 0.717) is 45.7 Å². The van der Waals surface area contributed by atoms with Gasteiger partial charge in [-0.15, -0.1) is 0 Å². The molecule has 276 valence electrons. The first-order valence-electron chi connectivity index (χ1n) is 21.6. The van der Waals surface area contributed by atoms with Crippen molar-refractivity contribution in [3.05, 3.63) is 57.6 Å². The number of thioether (sulfide) groups is 2. The molecule has 2 unspecified atom stereocenters. The Labute approximate surface area is 314 Å². The number of hydrogen-bond donors (Lipinski definition) is 2. The van der Waals surface area contributed by atoms with Crippen LogP contribution in [-0.2, 0) is 11.5 Å². The van der Waals surface area contributed by atoms with E-state index in [9.17, 15) is 10.2 Å². The Morgan fingerprint density at radius 1 is 0.380 bits per heavy atom. The predicted molar refractivity (Wildman–Crippen MR) is 217 cm³/mol. The minimum Gasteiger partial charge on any atom is -0.507 e. The molecule has 2 aromatic carbocycles. The van der Waals surface area contributed by atoms with E-state index in [4.69, 9.17) is 0 Å². The average Bonchev–Trinajstić information content (AvgIpc) is 3.16. The van der Waals surface area contributed by atoms with Gasteiger partial charge in [0.25, 0.3) is 0 Å². The topological polar surface area (TPSA) is 40.5 Å². The van der Waals surface area contributed by atoms with E-state index >= 15 is 0 Å². The van der Waals surface area contributed by atoms with Gasteiger partial charge in [-0.2, -0.15) is 23.5 Å². The summed E-state index contributed by atoms with van der Waals surface area (Å²) in [5.41, 5.74) is 8.08. The van der Waals surface area contributed by atoms with Gasteiger partial charge in [0, 0.05) is 33.1 Å². The molecule has 0 spiro atoms. The molecule has 0 amide bonds. The Morgan fingerprint density at radius 2 is 0.680 bits per heavy atom. The average molecular weight is 717 g/mol. The summed E-state index contributed by atoms with van der Waals surface area (Å²) in [4.78, 5) is 0. The molecule has 5 aliphatic carbocycles. The summed E-state index contributed by atoms with van der Waals surface area (Å²) < 4.78 is 0. The van der Waals surface area contributed by atoms with Gasteiger partial charge in [-0.3, -0.25) is 0 Å². The summed E-state index contributed by atoms with van der Waals surface area (Å²) in [7, 11) is 0. The van der Waals surface area contributed by atoms with Crippen LogP contribution in [0, 0.1) is 0 Å². The maximum absolute atomic E-state index is 11.9. The number of rotatable bonds is 10. The largest absolute Gasteiger partial charge is 0.507 e. The molecule has 5 aliphatic rings. The Balaban J connectivity index is 1.10. The van der Waals surface area contributed by atoms with Crippen molar-refractivity contribution in [2.24, 2.45) is 0 Å². The van der Waals surface area contributed by atoms with Gasteiger partial charge in [0.15, 0.2) is 0 Å². The predicted octanol–water partition coefficient (Wildman–Crippen LogP) is 14.5. The SMILES string of the molecule is Oc1c(CSC2CCCCCCC2SCc2cc(C3CCCCC3)cc(C3CCCCC3)c2O)cc(C2CCCCC2)cc1C1CCCCC1. The summed E-state index contributed by atoms with van der Waals surface area (Å²) >= 11 is 4.31. The second-order valence-corrected chi connectivity index (χ2v) is 19.7. The Bertz CT molecular complexity index is 1240. The lowest BCUT2D eigenvalue weighted by molar-refractivity contribution is 0.408. The fourth-order valence-corrected chi connectivity index (χ4v) is 13.8. The zero-order valence-corrected chi connectivity index (χ0v) is 32.9. The van der Waals surface area contributed by atoms with Crippen LogP contribution in [0.3, 0.4) is 0 Å². The molecule has 0 bridgehead atoms. The van der Waals surface area contributed by atoms with E-state index in [1.165, 1.54) is 200 Å². The van der Waals surface area contributed by atoms with Crippen LogP contribution < -0.4 is 0 Å². The summed E-state index contributed by atoms with van der Waals surface area (Å²) in [6.07, 6.45) is 34.3. The molecule has 4 heteroatoms. The van der Waals surface area contributed by atoms with Crippen molar-refractivity contribution in [1.29, 1.82) is 0 Å². The van der Waals surface area contributed by atoms with Gasteiger partial charge < -0.3 is 10.2 Å². The zero-order valence-electron chi connectivity index (χ0n) is 31.3. The first-order chi connectivity index (χ1) is 24.6. The van der Waals surface area contributed by atoms with Gasteiger partial charge in [-0.1, -0.05) is 127 Å². The molecular weight excluding hydrogens is 649 g/mol. The molecular formula is C46H68O2S2. The van der Waals surface area contributed by atoms with E-state index in [1.807, 2.05) is 0 Å². The molecule has 5 fully saturated rings. The zero-order chi connectivity index (χ0) is 34.1. The van der Waals surface area contributed by atoms with Crippen molar-refractivity contribution < 1.29 is 10.2 Å². The van der Waals surface area contributed by atoms with Gasteiger partial charge in [-0.25, -0.2) is 0 Å². The van der Waals surface area contributed by atoms with Crippen LogP contribution in [0.15, 0.2) is 24.3 Å². The van der Waals surface area contributed by atoms with Crippen molar-refractivity contribution in [2.75, 3.05) is 0 Å². The van der Waals surface area contributed by atoms with E-state index in [1.54, 1.807) is 0 Å². The summed E-state index contributed by atoms with van der Waals surface area (Å²) in [6, 6.07) is 9.80. The maximum Gasteiger partial charge on any atom is 0.123 e. The van der Waals surface area contributed by atoms with Crippen molar-refractivity contribution in [3.8, 4) is 11.5 Å². The number of benzene rings is 2. The molecule has 0 saturated heterocycles. The molecule has 5 saturated carbocycles. The molecule has 2 atom stereocenters. The highest BCUT2D eigenvalue weighted by Crippen LogP contribution is 2.47. The maximum atomic E-state index is 11.9. The highest BCUT2D eigenvalue weighted by molar-refractivity contribution is 8.03. The van der Waals surface area contributed by atoms with Gasteiger partial charge >= 0.3 is 0 Å². The third kappa shape index (κ3) is 9.45. The lowest BCUT2D eigenvalue weighted by Crippen LogP contribution is -2.22. The first-order valence-corrected chi connectivity index (χ1v) is 23.7. The van der Waals surface area contributed by atoms with E-state index < -0.39 is 0 Å². The van der Waals surface area contributed by atoms with Crippen molar-refractivity contribution in [1.82, 2.24) is 0 Å². The standard InChI is InChI=1S/C46H68O2S2/c47-45-39(27-37(33-17-7-3-8-18-33)29-41(45)35-21-11-5-12-22-35)31-49-43-25-15-1-2-16-26-44(43)50-32-40-28-38(34-19-9-4-10-20-34)30-42(46(40)48)36-23-13-6-14-24-36/h27-30,33-36,43-44,47-48H,1-26,31-32H2. The van der Waals surface area contributed by atoms with Gasteiger partial charge in [0.1, 0.15) is 11.5 Å². The smallest absolute Gasteiger partial charge is 0.123 e. The highest BCUT2D eigenvalue weighted by atomic mass is 32.2. The second-order valence-electron chi connectivity index (χ2n) is 17.3. The normalized spacial score (nSPS) is 25.7. The van der Waals surface area contributed by atoms with Crippen LogP contribution in [0.1, 0.15) is 224 Å². The molecule has 0 heterocycles. The highest BCUT2D eigenvalue weighted by Gasteiger charge is 2.29. The summed E-state index contributed by atoms with van der Waals surface area (Å²) in [5, 5.41) is 24.9. The van der Waals surface area contributed by atoms with Gasteiger partial charge in [-0.05, 0) is 110 Å². The molecule has 50 heavy (non-hydrogen) atoms.